The van der Waals surface area contributed by atoms with Crippen molar-refractivity contribution in [2.24, 2.45) is 17.8 Å². The van der Waals surface area contributed by atoms with Gasteiger partial charge in [-0.15, -0.1) is 11.3 Å². The fourth-order valence-electron chi connectivity index (χ4n) is 3.59. The molecule has 2 heteroatoms. The maximum Gasteiger partial charge on any atom is 0.0525 e. The fraction of sp³-hybridized carbons (Fsp3) is 0.714. The Morgan fingerprint density at radius 1 is 1.25 bits per heavy atom. The van der Waals surface area contributed by atoms with Crippen LogP contribution >= 0.6 is 27.3 Å². The van der Waals surface area contributed by atoms with E-state index in [1.807, 2.05) is 11.3 Å². The summed E-state index contributed by atoms with van der Waals surface area (Å²) < 4.78 is 0. The average molecular weight is 299 g/mol. The molecule has 2 aliphatic rings. The van der Waals surface area contributed by atoms with Gasteiger partial charge in [0.2, 0.25) is 0 Å². The van der Waals surface area contributed by atoms with Gasteiger partial charge in [-0.2, -0.15) is 0 Å². The Labute approximate surface area is 111 Å². The molecule has 0 saturated heterocycles. The van der Waals surface area contributed by atoms with E-state index >= 15 is 0 Å². The summed E-state index contributed by atoms with van der Waals surface area (Å²) in [4.78, 5) is 3.69. The summed E-state index contributed by atoms with van der Waals surface area (Å²) >= 11 is 5.97. The smallest absolute Gasteiger partial charge is 0.0525 e. The predicted molar refractivity (Wildman–Crippen MR) is 74.4 cm³/mol. The highest BCUT2D eigenvalue weighted by Crippen LogP contribution is 2.63. The van der Waals surface area contributed by atoms with Crippen LogP contribution in [0.1, 0.15) is 45.8 Å². The van der Waals surface area contributed by atoms with E-state index in [4.69, 9.17) is 0 Å². The van der Waals surface area contributed by atoms with Crippen LogP contribution < -0.4 is 0 Å². The van der Waals surface area contributed by atoms with Crippen molar-refractivity contribution in [1.29, 1.82) is 0 Å². The molecule has 1 heterocycles. The lowest BCUT2D eigenvalue weighted by molar-refractivity contribution is 0.480. The minimum atomic E-state index is 0.638. The van der Waals surface area contributed by atoms with E-state index in [0.717, 1.165) is 17.8 Å². The lowest BCUT2D eigenvalue weighted by atomic mass is 10.0. The van der Waals surface area contributed by atoms with Crippen molar-refractivity contribution in [2.45, 2.75) is 44.4 Å². The summed E-state index contributed by atoms with van der Waals surface area (Å²) in [6, 6.07) is 2.33. The molecule has 16 heavy (non-hydrogen) atoms. The van der Waals surface area contributed by atoms with Gasteiger partial charge in [-0.1, -0.05) is 28.8 Å². The van der Waals surface area contributed by atoms with Crippen molar-refractivity contribution in [3.63, 3.8) is 0 Å². The van der Waals surface area contributed by atoms with Crippen LogP contribution in [0, 0.1) is 31.6 Å². The van der Waals surface area contributed by atoms with E-state index in [-0.39, 0.29) is 0 Å². The second kappa shape index (κ2) is 4.13. The molecule has 2 saturated carbocycles. The minimum absolute atomic E-state index is 0.638. The number of thiophene rings is 1. The van der Waals surface area contributed by atoms with Crippen LogP contribution in [0.4, 0.5) is 0 Å². The first-order chi connectivity index (χ1) is 7.68. The molecular weight excluding hydrogens is 280 g/mol. The molecule has 3 atom stereocenters. The number of aryl methyl sites for hydroxylation is 2. The SMILES string of the molecule is Cc1cc(C)c(C(Br)C2C3CCCCC32)s1. The van der Waals surface area contributed by atoms with Crippen molar-refractivity contribution in [3.8, 4) is 0 Å². The first-order valence-corrected chi connectivity index (χ1v) is 8.12. The molecule has 1 aromatic heterocycles. The molecule has 0 N–H and O–H groups in total. The highest BCUT2D eigenvalue weighted by atomic mass is 79.9. The molecule has 0 radical (unpaired) electrons. The molecule has 3 unspecified atom stereocenters. The number of hydrogen-bond acceptors (Lipinski definition) is 1. The van der Waals surface area contributed by atoms with Gasteiger partial charge in [0.15, 0.2) is 0 Å². The van der Waals surface area contributed by atoms with Gasteiger partial charge in [-0.25, -0.2) is 0 Å². The second-order valence-electron chi connectivity index (χ2n) is 5.50. The van der Waals surface area contributed by atoms with Crippen LogP contribution in [-0.4, -0.2) is 0 Å². The Morgan fingerprint density at radius 2 is 1.88 bits per heavy atom. The summed E-state index contributed by atoms with van der Waals surface area (Å²) in [7, 11) is 0. The van der Waals surface area contributed by atoms with Gasteiger partial charge in [0.25, 0.3) is 0 Å². The topological polar surface area (TPSA) is 0 Å². The van der Waals surface area contributed by atoms with E-state index in [0.29, 0.717) is 4.83 Å². The molecule has 2 fully saturated rings. The van der Waals surface area contributed by atoms with Gasteiger partial charge < -0.3 is 0 Å². The average Bonchev–Trinajstić information content (AvgIpc) is 2.89. The zero-order chi connectivity index (χ0) is 11.3. The number of halogens is 1. The predicted octanol–water partition coefficient (Wildman–Crippen LogP) is 5.24. The third-order valence-electron chi connectivity index (χ3n) is 4.39. The zero-order valence-corrected chi connectivity index (χ0v) is 12.4. The maximum atomic E-state index is 3.98. The number of rotatable bonds is 2. The lowest BCUT2D eigenvalue weighted by Crippen LogP contribution is -1.94. The standard InChI is InChI=1S/C14H19BrS/c1-8-7-9(2)16-14(8)13(15)12-10-5-3-4-6-11(10)12/h7,10-13H,3-6H2,1-2H3. The van der Waals surface area contributed by atoms with Crippen molar-refractivity contribution in [2.75, 3.05) is 0 Å². The van der Waals surface area contributed by atoms with Crippen molar-refractivity contribution < 1.29 is 0 Å². The monoisotopic (exact) mass is 298 g/mol. The Kier molecular flexibility index (Phi) is 2.91. The molecule has 0 amide bonds. The van der Waals surface area contributed by atoms with Crippen LogP contribution in [-0.2, 0) is 0 Å². The Balaban J connectivity index is 1.78. The van der Waals surface area contributed by atoms with E-state index in [9.17, 15) is 0 Å². The van der Waals surface area contributed by atoms with E-state index in [1.165, 1.54) is 36.1 Å². The molecule has 2 aliphatic carbocycles. The molecular formula is C14H19BrS. The van der Waals surface area contributed by atoms with Gasteiger partial charge in [-0.3, -0.25) is 0 Å². The molecule has 0 spiro atoms. The van der Waals surface area contributed by atoms with E-state index in [2.05, 4.69) is 35.8 Å². The summed E-state index contributed by atoms with van der Waals surface area (Å²) in [5, 5.41) is 0. The third-order valence-corrected chi connectivity index (χ3v) is 7.00. The first-order valence-electron chi connectivity index (χ1n) is 6.39. The normalized spacial score (nSPS) is 34.6. The molecule has 3 rings (SSSR count). The molecule has 0 aliphatic heterocycles. The van der Waals surface area contributed by atoms with Crippen LogP contribution in [0.25, 0.3) is 0 Å². The summed E-state index contributed by atoms with van der Waals surface area (Å²) in [6.45, 7) is 4.49. The highest BCUT2D eigenvalue weighted by molar-refractivity contribution is 9.09. The largest absolute Gasteiger partial charge is 0.144 e. The summed E-state index contributed by atoms with van der Waals surface area (Å²) in [5.74, 6) is 3.03. The second-order valence-corrected chi connectivity index (χ2v) is 7.77. The molecule has 0 bridgehead atoms. The Bertz CT molecular complexity index is 383. The first kappa shape index (κ1) is 11.3. The van der Waals surface area contributed by atoms with Gasteiger partial charge in [0.05, 0.1) is 4.83 Å². The Hall–Kier alpha value is 0.180. The zero-order valence-electron chi connectivity index (χ0n) is 10.0. The third kappa shape index (κ3) is 1.78. The van der Waals surface area contributed by atoms with Crippen LogP contribution in [0.2, 0.25) is 0 Å². The molecule has 0 aromatic carbocycles. The fourth-order valence-corrected chi connectivity index (χ4v) is 6.09. The van der Waals surface area contributed by atoms with Crippen LogP contribution in [0.5, 0.6) is 0 Å². The van der Waals surface area contributed by atoms with Crippen LogP contribution in [0.15, 0.2) is 6.07 Å². The van der Waals surface area contributed by atoms with Gasteiger partial charge in [0, 0.05) is 9.75 Å². The van der Waals surface area contributed by atoms with Gasteiger partial charge >= 0.3 is 0 Å². The van der Waals surface area contributed by atoms with Gasteiger partial charge in [-0.05, 0) is 56.1 Å². The number of alkyl halides is 1. The van der Waals surface area contributed by atoms with Crippen molar-refractivity contribution in [1.82, 2.24) is 0 Å². The van der Waals surface area contributed by atoms with Crippen molar-refractivity contribution >= 4 is 27.3 Å². The summed E-state index contributed by atoms with van der Waals surface area (Å²) in [5.41, 5.74) is 1.49. The highest BCUT2D eigenvalue weighted by Gasteiger charge is 2.54. The van der Waals surface area contributed by atoms with Gasteiger partial charge in [0.1, 0.15) is 0 Å². The van der Waals surface area contributed by atoms with E-state index < -0.39 is 0 Å². The van der Waals surface area contributed by atoms with Crippen molar-refractivity contribution in [3.05, 3.63) is 21.4 Å². The number of fused-ring (bicyclic) bond motifs is 1. The van der Waals surface area contributed by atoms with E-state index in [1.54, 1.807) is 4.88 Å². The quantitative estimate of drug-likeness (QED) is 0.655. The molecule has 88 valence electrons. The minimum Gasteiger partial charge on any atom is -0.144 e. The Morgan fingerprint density at radius 3 is 2.38 bits per heavy atom. The lowest BCUT2D eigenvalue weighted by Gasteiger charge is -2.08. The number of hydrogen-bond donors (Lipinski definition) is 0. The van der Waals surface area contributed by atoms with Crippen LogP contribution in [0.3, 0.4) is 0 Å². The molecule has 1 aromatic rings. The maximum absolute atomic E-state index is 3.98. The molecule has 0 nitrogen and oxygen atoms in total. The summed E-state index contributed by atoms with van der Waals surface area (Å²) in [6.07, 6.45) is 5.92.